The lowest BCUT2D eigenvalue weighted by Gasteiger charge is -2.42. The first kappa shape index (κ1) is 15.6. The number of aromatic nitrogens is 2. The second-order valence-corrected chi connectivity index (χ2v) is 7.63. The van der Waals surface area contributed by atoms with Crippen molar-refractivity contribution in [3.8, 4) is 0 Å². The summed E-state index contributed by atoms with van der Waals surface area (Å²) in [6.07, 6.45) is 4.60. The number of morpholine rings is 1. The lowest BCUT2D eigenvalue weighted by molar-refractivity contribution is -0.0956. The molecule has 2 aliphatic rings. The molecule has 0 N–H and O–H groups in total. The van der Waals surface area contributed by atoms with Crippen LogP contribution < -0.4 is 4.90 Å². The Hall–Kier alpha value is -1.29. The normalized spacial score (nSPS) is 27.8. The predicted octanol–water partition coefficient (Wildman–Crippen LogP) is -0.656. The molecule has 0 saturated carbocycles. The second-order valence-electron chi connectivity index (χ2n) is 5.65. The molecule has 0 aromatic carbocycles. The summed E-state index contributed by atoms with van der Waals surface area (Å²) in [7, 11) is -3.28. The van der Waals surface area contributed by atoms with Crippen LogP contribution in [0.3, 0.4) is 0 Å². The highest BCUT2D eigenvalue weighted by atomic mass is 32.2. The van der Waals surface area contributed by atoms with Gasteiger partial charge in [0.05, 0.1) is 32.6 Å². The number of anilines is 1. The predicted molar refractivity (Wildman–Crippen MR) is 80.2 cm³/mol. The van der Waals surface area contributed by atoms with Crippen molar-refractivity contribution in [2.24, 2.45) is 0 Å². The van der Waals surface area contributed by atoms with Gasteiger partial charge < -0.3 is 14.4 Å². The number of nitrogens with zero attached hydrogens (tertiary/aromatic N) is 4. The van der Waals surface area contributed by atoms with Gasteiger partial charge in [0.2, 0.25) is 16.0 Å². The molecule has 122 valence electrons. The first-order chi connectivity index (χ1) is 10.5. The van der Waals surface area contributed by atoms with Crippen LogP contribution in [0.5, 0.6) is 0 Å². The third-order valence-electron chi connectivity index (χ3n) is 3.87. The molecule has 2 fully saturated rings. The van der Waals surface area contributed by atoms with Crippen molar-refractivity contribution < 1.29 is 17.9 Å². The first-order valence-electron chi connectivity index (χ1n) is 7.17. The molecule has 1 atom stereocenters. The highest BCUT2D eigenvalue weighted by Crippen LogP contribution is 2.25. The number of ether oxygens (including phenoxy) is 2. The Labute approximate surface area is 130 Å². The van der Waals surface area contributed by atoms with E-state index in [2.05, 4.69) is 9.97 Å². The van der Waals surface area contributed by atoms with Gasteiger partial charge in [0.1, 0.15) is 5.60 Å². The maximum atomic E-state index is 11.9. The minimum Gasteiger partial charge on any atom is -0.377 e. The highest BCUT2D eigenvalue weighted by Gasteiger charge is 2.42. The highest BCUT2D eigenvalue weighted by molar-refractivity contribution is 7.88. The fraction of sp³-hybridized carbons (Fsp3) is 0.692. The lowest BCUT2D eigenvalue weighted by atomic mass is 10.0. The number of sulfonamides is 1. The molecule has 0 bridgehead atoms. The minimum atomic E-state index is -3.28. The Morgan fingerprint density at radius 2 is 1.95 bits per heavy atom. The topological polar surface area (TPSA) is 84.9 Å². The largest absolute Gasteiger partial charge is 0.377 e. The molecule has 1 aromatic heterocycles. The van der Waals surface area contributed by atoms with Gasteiger partial charge in [0.15, 0.2) is 0 Å². The van der Waals surface area contributed by atoms with Gasteiger partial charge in [-0.25, -0.2) is 18.4 Å². The van der Waals surface area contributed by atoms with Crippen LogP contribution in [0.1, 0.15) is 0 Å². The van der Waals surface area contributed by atoms with Crippen molar-refractivity contribution in [1.29, 1.82) is 0 Å². The van der Waals surface area contributed by atoms with Crippen LogP contribution in [0.25, 0.3) is 0 Å². The quantitative estimate of drug-likeness (QED) is 0.713. The monoisotopic (exact) mass is 328 g/mol. The summed E-state index contributed by atoms with van der Waals surface area (Å²) in [5.41, 5.74) is -0.684. The molecule has 1 spiro atoms. The van der Waals surface area contributed by atoms with Crippen molar-refractivity contribution in [1.82, 2.24) is 14.3 Å². The van der Waals surface area contributed by atoms with Crippen LogP contribution in [0, 0.1) is 0 Å². The molecule has 9 heteroatoms. The molecule has 2 aliphatic heterocycles. The fourth-order valence-corrected chi connectivity index (χ4v) is 3.68. The van der Waals surface area contributed by atoms with E-state index in [4.69, 9.17) is 9.47 Å². The SMILES string of the molecule is CS(=O)(=O)N1CCOC[C@@]2(CN(c3ncccn3)CCO2)C1. The Morgan fingerprint density at radius 1 is 1.18 bits per heavy atom. The van der Waals surface area contributed by atoms with E-state index >= 15 is 0 Å². The van der Waals surface area contributed by atoms with E-state index in [0.717, 1.165) is 0 Å². The molecule has 2 saturated heterocycles. The molecule has 8 nitrogen and oxygen atoms in total. The number of rotatable bonds is 2. The third-order valence-corrected chi connectivity index (χ3v) is 5.12. The van der Waals surface area contributed by atoms with Gasteiger partial charge in [-0.15, -0.1) is 0 Å². The van der Waals surface area contributed by atoms with E-state index in [1.807, 2.05) is 4.90 Å². The molecular formula is C13H20N4O4S. The van der Waals surface area contributed by atoms with E-state index in [1.54, 1.807) is 18.5 Å². The van der Waals surface area contributed by atoms with Crippen LogP contribution in [-0.2, 0) is 19.5 Å². The van der Waals surface area contributed by atoms with E-state index in [9.17, 15) is 8.42 Å². The minimum absolute atomic E-state index is 0.287. The molecule has 1 aromatic rings. The van der Waals surface area contributed by atoms with Gasteiger partial charge in [-0.3, -0.25) is 0 Å². The lowest BCUT2D eigenvalue weighted by Crippen LogP contribution is -2.59. The summed E-state index contributed by atoms with van der Waals surface area (Å²) in [5, 5.41) is 0. The van der Waals surface area contributed by atoms with Crippen LogP contribution in [-0.4, -0.2) is 80.5 Å². The fourth-order valence-electron chi connectivity index (χ4n) is 2.81. The Bertz CT molecular complexity index is 612. The molecule has 3 rings (SSSR count). The van der Waals surface area contributed by atoms with Gasteiger partial charge >= 0.3 is 0 Å². The van der Waals surface area contributed by atoms with Crippen LogP contribution in [0.15, 0.2) is 18.5 Å². The summed E-state index contributed by atoms with van der Waals surface area (Å²) < 4.78 is 36.7. The second kappa shape index (κ2) is 6.07. The maximum Gasteiger partial charge on any atom is 0.225 e. The van der Waals surface area contributed by atoms with E-state index in [-0.39, 0.29) is 6.54 Å². The molecule has 0 radical (unpaired) electrons. The van der Waals surface area contributed by atoms with E-state index in [0.29, 0.717) is 45.4 Å². The number of hydrogen-bond acceptors (Lipinski definition) is 7. The molecule has 3 heterocycles. The average molecular weight is 328 g/mol. The molecule has 0 amide bonds. The summed E-state index contributed by atoms with van der Waals surface area (Å²) in [6.45, 7) is 3.04. The molecule has 0 unspecified atom stereocenters. The van der Waals surface area contributed by atoms with Gasteiger partial charge in [0.25, 0.3) is 0 Å². The van der Waals surface area contributed by atoms with Crippen LogP contribution in [0.4, 0.5) is 5.95 Å². The average Bonchev–Trinajstić information content (AvgIpc) is 2.71. The van der Waals surface area contributed by atoms with Crippen LogP contribution >= 0.6 is 0 Å². The summed E-state index contributed by atoms with van der Waals surface area (Å²) in [4.78, 5) is 10.5. The Kier molecular flexibility index (Phi) is 4.31. The smallest absolute Gasteiger partial charge is 0.225 e. The maximum absolute atomic E-state index is 11.9. The summed E-state index contributed by atoms with van der Waals surface area (Å²) in [6, 6.07) is 1.76. The van der Waals surface area contributed by atoms with Gasteiger partial charge in [-0.2, -0.15) is 4.31 Å². The van der Waals surface area contributed by atoms with Crippen molar-refractivity contribution in [3.63, 3.8) is 0 Å². The van der Waals surface area contributed by atoms with Gasteiger partial charge in [-0.05, 0) is 6.07 Å². The zero-order chi connectivity index (χ0) is 15.6. The summed E-state index contributed by atoms with van der Waals surface area (Å²) >= 11 is 0. The Morgan fingerprint density at radius 3 is 2.68 bits per heavy atom. The zero-order valence-electron chi connectivity index (χ0n) is 12.5. The van der Waals surface area contributed by atoms with Crippen molar-refractivity contribution in [3.05, 3.63) is 18.5 Å². The standard InChI is InChI=1S/C13H20N4O4S/c1-22(18,19)17-6-7-20-11-13(10-17)9-16(5-8-21-13)12-14-3-2-4-15-12/h2-4H,5-11H2,1H3/t13-/m1/s1. The van der Waals surface area contributed by atoms with Gasteiger partial charge in [-0.1, -0.05) is 0 Å². The third kappa shape index (κ3) is 3.37. The summed E-state index contributed by atoms with van der Waals surface area (Å²) in [5.74, 6) is 0.625. The Balaban J connectivity index is 1.81. The van der Waals surface area contributed by atoms with Crippen molar-refractivity contribution in [2.45, 2.75) is 5.60 Å². The van der Waals surface area contributed by atoms with E-state index < -0.39 is 15.6 Å². The molecule has 22 heavy (non-hydrogen) atoms. The van der Waals surface area contributed by atoms with Crippen molar-refractivity contribution >= 4 is 16.0 Å². The van der Waals surface area contributed by atoms with E-state index in [1.165, 1.54) is 10.6 Å². The first-order valence-corrected chi connectivity index (χ1v) is 9.02. The van der Waals surface area contributed by atoms with Gasteiger partial charge in [0, 0.05) is 32.0 Å². The number of hydrogen-bond donors (Lipinski definition) is 0. The molecular weight excluding hydrogens is 308 g/mol. The zero-order valence-corrected chi connectivity index (χ0v) is 13.3. The van der Waals surface area contributed by atoms with Crippen molar-refractivity contribution in [2.75, 3.05) is 57.2 Å². The molecule has 0 aliphatic carbocycles. The van der Waals surface area contributed by atoms with Crippen LogP contribution in [0.2, 0.25) is 0 Å².